The Balaban J connectivity index is 3.66. The van der Waals surface area contributed by atoms with Crippen LogP contribution in [0.5, 0.6) is 0 Å². The SMILES string of the molecule is CCCCCCCC([CH]C(CC)CCC)CC. The van der Waals surface area contributed by atoms with Gasteiger partial charge < -0.3 is 0 Å². The summed E-state index contributed by atoms with van der Waals surface area (Å²) in [5.41, 5.74) is 0. The van der Waals surface area contributed by atoms with Gasteiger partial charge in [-0.3, -0.25) is 0 Å². The zero-order valence-electron chi connectivity index (χ0n) is 12.8. The Labute approximate surface area is 111 Å². The molecule has 2 atom stereocenters. The zero-order valence-corrected chi connectivity index (χ0v) is 12.8. The van der Waals surface area contributed by atoms with E-state index >= 15 is 0 Å². The van der Waals surface area contributed by atoms with Crippen LogP contribution in [-0.4, -0.2) is 0 Å². The lowest BCUT2D eigenvalue weighted by Gasteiger charge is -2.21. The van der Waals surface area contributed by atoms with Crippen LogP contribution in [0.25, 0.3) is 0 Å². The maximum Gasteiger partial charge on any atom is -0.0324 e. The summed E-state index contributed by atoms with van der Waals surface area (Å²) < 4.78 is 0. The quantitative estimate of drug-likeness (QED) is 0.345. The van der Waals surface area contributed by atoms with Crippen LogP contribution in [-0.2, 0) is 0 Å². The van der Waals surface area contributed by atoms with E-state index in [1.54, 1.807) is 0 Å². The Hall–Kier alpha value is 0. The molecule has 0 rings (SSSR count). The van der Waals surface area contributed by atoms with Crippen molar-refractivity contribution < 1.29 is 0 Å². The molecule has 0 aliphatic rings. The van der Waals surface area contributed by atoms with Crippen molar-refractivity contribution in [2.75, 3.05) is 0 Å². The smallest absolute Gasteiger partial charge is 0.0324 e. The second-order valence-electron chi connectivity index (χ2n) is 5.52. The largest absolute Gasteiger partial charge is 0.0654 e. The van der Waals surface area contributed by atoms with Gasteiger partial charge in [-0.1, -0.05) is 91.9 Å². The van der Waals surface area contributed by atoms with Crippen LogP contribution >= 0.6 is 0 Å². The molecule has 0 aromatic carbocycles. The summed E-state index contributed by atoms with van der Waals surface area (Å²) in [5, 5.41) is 0. The third-order valence-electron chi connectivity index (χ3n) is 3.93. The molecule has 0 spiro atoms. The van der Waals surface area contributed by atoms with E-state index in [9.17, 15) is 0 Å². The predicted molar refractivity (Wildman–Crippen MR) is 80.1 cm³/mol. The van der Waals surface area contributed by atoms with Gasteiger partial charge in [-0.2, -0.15) is 0 Å². The highest BCUT2D eigenvalue weighted by atomic mass is 14.2. The highest BCUT2D eigenvalue weighted by molar-refractivity contribution is 4.82. The maximum absolute atomic E-state index is 2.67. The molecule has 0 heteroatoms. The van der Waals surface area contributed by atoms with E-state index < -0.39 is 0 Å². The summed E-state index contributed by atoms with van der Waals surface area (Å²) in [7, 11) is 0. The van der Waals surface area contributed by atoms with Crippen LogP contribution in [0.1, 0.15) is 91.9 Å². The van der Waals surface area contributed by atoms with Crippen molar-refractivity contribution in [2.45, 2.75) is 91.9 Å². The Bertz CT molecular complexity index is 139. The molecule has 1 radical (unpaired) electrons. The molecular formula is C17H35. The molecule has 0 amide bonds. The van der Waals surface area contributed by atoms with Crippen LogP contribution in [0.2, 0.25) is 0 Å². The van der Waals surface area contributed by atoms with Crippen molar-refractivity contribution in [3.63, 3.8) is 0 Å². The standard InChI is InChI=1S/C17H35/c1-5-9-10-11-12-14-17(8-4)15-16(7-3)13-6-2/h15-17H,5-14H2,1-4H3. The van der Waals surface area contributed by atoms with E-state index in [1.807, 2.05) is 0 Å². The lowest BCUT2D eigenvalue weighted by atomic mass is 9.85. The molecule has 0 aliphatic carbocycles. The Morgan fingerprint density at radius 3 is 1.76 bits per heavy atom. The third-order valence-corrected chi connectivity index (χ3v) is 3.93. The minimum Gasteiger partial charge on any atom is -0.0654 e. The molecule has 0 bridgehead atoms. The van der Waals surface area contributed by atoms with Crippen LogP contribution in [0.15, 0.2) is 0 Å². The van der Waals surface area contributed by atoms with E-state index in [2.05, 4.69) is 34.1 Å². The van der Waals surface area contributed by atoms with Gasteiger partial charge in [0.25, 0.3) is 0 Å². The van der Waals surface area contributed by atoms with Gasteiger partial charge in [0.2, 0.25) is 0 Å². The first-order chi connectivity index (χ1) is 8.28. The van der Waals surface area contributed by atoms with Crippen molar-refractivity contribution in [2.24, 2.45) is 11.8 Å². The highest BCUT2D eigenvalue weighted by Gasteiger charge is 2.13. The normalized spacial score (nSPS) is 14.8. The first-order valence-corrected chi connectivity index (χ1v) is 8.13. The lowest BCUT2D eigenvalue weighted by Crippen LogP contribution is -2.09. The van der Waals surface area contributed by atoms with E-state index in [0.717, 1.165) is 11.8 Å². The topological polar surface area (TPSA) is 0 Å². The van der Waals surface area contributed by atoms with Gasteiger partial charge in [0, 0.05) is 0 Å². The average molecular weight is 239 g/mol. The molecular weight excluding hydrogens is 204 g/mol. The summed E-state index contributed by atoms with van der Waals surface area (Å²) in [4.78, 5) is 0. The summed E-state index contributed by atoms with van der Waals surface area (Å²) in [6, 6.07) is 0. The molecule has 17 heavy (non-hydrogen) atoms. The van der Waals surface area contributed by atoms with Gasteiger partial charge in [-0.05, 0) is 18.3 Å². The van der Waals surface area contributed by atoms with Gasteiger partial charge in [0.1, 0.15) is 0 Å². The summed E-state index contributed by atoms with van der Waals surface area (Å²) in [6.07, 6.45) is 16.6. The third kappa shape index (κ3) is 9.68. The number of hydrogen-bond donors (Lipinski definition) is 0. The summed E-state index contributed by atoms with van der Waals surface area (Å²) >= 11 is 0. The van der Waals surface area contributed by atoms with E-state index in [-0.39, 0.29) is 0 Å². The van der Waals surface area contributed by atoms with Crippen LogP contribution in [0, 0.1) is 18.3 Å². The monoisotopic (exact) mass is 239 g/mol. The van der Waals surface area contributed by atoms with Crippen LogP contribution < -0.4 is 0 Å². The second-order valence-corrected chi connectivity index (χ2v) is 5.52. The molecule has 0 saturated heterocycles. The summed E-state index contributed by atoms with van der Waals surface area (Å²) in [6.45, 7) is 9.29. The Morgan fingerprint density at radius 2 is 1.24 bits per heavy atom. The molecule has 103 valence electrons. The molecule has 2 unspecified atom stereocenters. The Morgan fingerprint density at radius 1 is 0.647 bits per heavy atom. The molecule has 0 nitrogen and oxygen atoms in total. The van der Waals surface area contributed by atoms with Gasteiger partial charge in [-0.25, -0.2) is 0 Å². The molecule has 0 fully saturated rings. The fraction of sp³-hybridized carbons (Fsp3) is 0.941. The average Bonchev–Trinajstić information content (AvgIpc) is 2.36. The van der Waals surface area contributed by atoms with Crippen molar-refractivity contribution in [1.82, 2.24) is 0 Å². The molecule has 0 heterocycles. The Kier molecular flexibility index (Phi) is 12.5. The highest BCUT2D eigenvalue weighted by Crippen LogP contribution is 2.25. The minimum absolute atomic E-state index is 0.876. The van der Waals surface area contributed by atoms with Crippen LogP contribution in [0.4, 0.5) is 0 Å². The predicted octanol–water partition coefficient (Wildman–Crippen LogP) is 6.40. The van der Waals surface area contributed by atoms with Gasteiger partial charge >= 0.3 is 0 Å². The molecule has 0 aromatic heterocycles. The molecule has 0 N–H and O–H groups in total. The van der Waals surface area contributed by atoms with Crippen molar-refractivity contribution >= 4 is 0 Å². The van der Waals surface area contributed by atoms with E-state index in [4.69, 9.17) is 0 Å². The molecule has 0 aliphatic heterocycles. The number of hydrogen-bond acceptors (Lipinski definition) is 0. The van der Waals surface area contributed by atoms with Gasteiger partial charge in [0.05, 0.1) is 0 Å². The first-order valence-electron chi connectivity index (χ1n) is 8.13. The lowest BCUT2D eigenvalue weighted by molar-refractivity contribution is 0.408. The van der Waals surface area contributed by atoms with E-state index in [1.165, 1.54) is 64.2 Å². The second kappa shape index (κ2) is 12.5. The zero-order chi connectivity index (χ0) is 12.9. The first kappa shape index (κ1) is 17.0. The minimum atomic E-state index is 0.876. The van der Waals surface area contributed by atoms with Crippen molar-refractivity contribution in [1.29, 1.82) is 0 Å². The number of unbranched alkanes of at least 4 members (excludes halogenated alkanes) is 4. The molecule has 0 aromatic rings. The van der Waals surface area contributed by atoms with E-state index in [0.29, 0.717) is 0 Å². The van der Waals surface area contributed by atoms with Gasteiger partial charge in [0.15, 0.2) is 0 Å². The van der Waals surface area contributed by atoms with Crippen molar-refractivity contribution in [3.05, 3.63) is 6.42 Å². The van der Waals surface area contributed by atoms with Crippen molar-refractivity contribution in [3.8, 4) is 0 Å². The fourth-order valence-electron chi connectivity index (χ4n) is 2.64. The summed E-state index contributed by atoms with van der Waals surface area (Å²) in [5.74, 6) is 1.76. The van der Waals surface area contributed by atoms with Crippen LogP contribution in [0.3, 0.4) is 0 Å². The molecule has 0 saturated carbocycles. The fourth-order valence-corrected chi connectivity index (χ4v) is 2.64. The maximum atomic E-state index is 2.67. The van der Waals surface area contributed by atoms with Gasteiger partial charge in [-0.15, -0.1) is 0 Å². The number of rotatable bonds is 12.